The SMILES string of the molecule is CN(C)c1ccc(C(=O)NC(CS(=O)(=O)[O-])(C(F)(F)F)C(F)(F)F)cc1I. The molecule has 6 nitrogen and oxygen atoms in total. The normalized spacial score (nSPS) is 13.4. The van der Waals surface area contributed by atoms with Crippen LogP contribution >= 0.6 is 22.6 Å². The Balaban J connectivity index is 3.46. The molecule has 1 aromatic rings. The standard InChI is InChI=1S/C13H13F6IN2O4S/c1-22(2)9-4-3-7(5-8(9)20)10(23)21-11(12(14,15)16,13(17,18)19)6-27(24,25)26/h3-5H,6H2,1-2H3,(H,21,23)(H,24,25,26)/p-1. The molecule has 1 N–H and O–H groups in total. The van der Waals surface area contributed by atoms with E-state index in [4.69, 9.17) is 0 Å². The van der Waals surface area contributed by atoms with Crippen molar-refractivity contribution in [1.29, 1.82) is 0 Å². The van der Waals surface area contributed by atoms with Crippen LogP contribution in [-0.4, -0.2) is 56.6 Å². The van der Waals surface area contributed by atoms with E-state index in [-0.39, 0.29) is 0 Å². The van der Waals surface area contributed by atoms with Crippen LogP contribution in [0.15, 0.2) is 18.2 Å². The lowest BCUT2D eigenvalue weighted by atomic mass is 9.99. The highest BCUT2D eigenvalue weighted by Crippen LogP contribution is 2.44. The van der Waals surface area contributed by atoms with Crippen molar-refractivity contribution in [2.24, 2.45) is 0 Å². The molecule has 0 heterocycles. The molecule has 0 saturated carbocycles. The smallest absolute Gasteiger partial charge is 0.421 e. The van der Waals surface area contributed by atoms with Crippen LogP contribution in [0, 0.1) is 3.57 Å². The van der Waals surface area contributed by atoms with E-state index in [0.717, 1.165) is 12.1 Å². The van der Waals surface area contributed by atoms with Crippen LogP contribution in [0.25, 0.3) is 0 Å². The average molecular weight is 533 g/mol. The first-order valence-corrected chi connectivity index (χ1v) is 9.43. The summed E-state index contributed by atoms with van der Waals surface area (Å²) in [7, 11) is -2.78. The fourth-order valence-electron chi connectivity index (χ4n) is 2.04. The lowest BCUT2D eigenvalue weighted by molar-refractivity contribution is -0.296. The number of hydrogen-bond acceptors (Lipinski definition) is 5. The van der Waals surface area contributed by atoms with Crippen LogP contribution in [-0.2, 0) is 10.1 Å². The van der Waals surface area contributed by atoms with Gasteiger partial charge >= 0.3 is 12.4 Å². The van der Waals surface area contributed by atoms with Crippen molar-refractivity contribution in [3.8, 4) is 0 Å². The number of anilines is 1. The van der Waals surface area contributed by atoms with Gasteiger partial charge in [0.25, 0.3) is 5.91 Å². The summed E-state index contributed by atoms with van der Waals surface area (Å²) in [6.45, 7) is 0. The van der Waals surface area contributed by atoms with E-state index in [2.05, 4.69) is 0 Å². The minimum absolute atomic E-state index is 0.339. The topological polar surface area (TPSA) is 89.5 Å². The highest BCUT2D eigenvalue weighted by molar-refractivity contribution is 14.1. The third-order valence-electron chi connectivity index (χ3n) is 3.38. The van der Waals surface area contributed by atoms with Gasteiger partial charge in [0.05, 0.1) is 15.9 Å². The van der Waals surface area contributed by atoms with E-state index in [1.807, 2.05) is 0 Å². The molecular formula is C13H12F6IN2O4S-. The van der Waals surface area contributed by atoms with E-state index in [0.29, 0.717) is 14.6 Å². The van der Waals surface area contributed by atoms with Crippen molar-refractivity contribution in [2.75, 3.05) is 24.7 Å². The molecule has 1 rings (SSSR count). The Morgan fingerprint density at radius 1 is 1.15 bits per heavy atom. The molecule has 0 spiro atoms. The Kier molecular flexibility index (Phi) is 6.70. The Bertz CT molecular complexity index is 809. The monoisotopic (exact) mass is 533 g/mol. The number of hydrogen-bond donors (Lipinski definition) is 1. The lowest BCUT2D eigenvalue weighted by Crippen LogP contribution is -2.70. The molecular weight excluding hydrogens is 521 g/mol. The van der Waals surface area contributed by atoms with E-state index >= 15 is 0 Å². The van der Waals surface area contributed by atoms with Gasteiger partial charge in [0.2, 0.25) is 5.54 Å². The van der Waals surface area contributed by atoms with Crippen molar-refractivity contribution < 1.29 is 44.1 Å². The molecule has 154 valence electrons. The molecule has 0 radical (unpaired) electrons. The number of nitrogens with zero attached hydrogens (tertiary/aromatic N) is 1. The summed E-state index contributed by atoms with van der Waals surface area (Å²) < 4.78 is 112. The number of nitrogens with one attached hydrogen (secondary N) is 1. The van der Waals surface area contributed by atoms with Crippen LogP contribution < -0.4 is 10.2 Å². The molecule has 0 aliphatic rings. The number of amides is 1. The molecule has 1 aromatic carbocycles. The molecule has 0 aliphatic heterocycles. The van der Waals surface area contributed by atoms with Gasteiger partial charge in [-0.1, -0.05) is 0 Å². The van der Waals surface area contributed by atoms with E-state index < -0.39 is 45.2 Å². The Hall–Kier alpha value is -1.29. The number of rotatable bonds is 5. The fraction of sp³-hybridized carbons (Fsp3) is 0.462. The molecule has 0 aliphatic carbocycles. The van der Waals surface area contributed by atoms with Crippen molar-refractivity contribution in [3.05, 3.63) is 27.3 Å². The maximum absolute atomic E-state index is 13.2. The molecule has 0 unspecified atom stereocenters. The summed E-state index contributed by atoms with van der Waals surface area (Å²) in [6.07, 6.45) is -12.6. The first-order valence-electron chi connectivity index (χ1n) is 6.78. The van der Waals surface area contributed by atoms with Crippen molar-refractivity contribution in [1.82, 2.24) is 5.32 Å². The zero-order valence-electron chi connectivity index (χ0n) is 13.6. The zero-order valence-corrected chi connectivity index (χ0v) is 16.5. The van der Waals surface area contributed by atoms with Gasteiger partial charge in [-0.15, -0.1) is 0 Å². The largest absolute Gasteiger partial charge is 0.748 e. The van der Waals surface area contributed by atoms with Crippen molar-refractivity contribution in [2.45, 2.75) is 17.9 Å². The lowest BCUT2D eigenvalue weighted by Gasteiger charge is -2.38. The van der Waals surface area contributed by atoms with Crippen LogP contribution in [0.4, 0.5) is 32.0 Å². The van der Waals surface area contributed by atoms with Gasteiger partial charge in [0.15, 0.2) is 0 Å². The fourth-order valence-corrected chi connectivity index (χ4v) is 3.97. The summed E-state index contributed by atoms with van der Waals surface area (Å²) in [5, 5.41) is 0.674. The minimum Gasteiger partial charge on any atom is -0.748 e. The molecule has 1 amide bonds. The molecule has 27 heavy (non-hydrogen) atoms. The minimum atomic E-state index is -6.30. The zero-order chi connectivity index (χ0) is 21.4. The molecule has 0 aromatic heterocycles. The second-order valence-corrected chi connectivity index (χ2v) is 8.18. The Morgan fingerprint density at radius 3 is 1.96 bits per heavy atom. The van der Waals surface area contributed by atoms with Gasteiger partial charge in [-0.25, -0.2) is 8.42 Å². The number of carbonyl (C=O) groups excluding carboxylic acids is 1. The molecule has 0 bridgehead atoms. The van der Waals surface area contributed by atoms with Crippen molar-refractivity contribution in [3.63, 3.8) is 0 Å². The van der Waals surface area contributed by atoms with Gasteiger partial charge in [-0.05, 0) is 40.8 Å². The Labute approximate surface area is 163 Å². The predicted molar refractivity (Wildman–Crippen MR) is 90.4 cm³/mol. The number of alkyl halides is 6. The average Bonchev–Trinajstić information content (AvgIpc) is 2.41. The number of benzene rings is 1. The highest BCUT2D eigenvalue weighted by atomic mass is 127. The third kappa shape index (κ3) is 5.37. The van der Waals surface area contributed by atoms with Gasteiger partial charge in [-0.2, -0.15) is 26.3 Å². The molecule has 0 saturated heterocycles. The maximum Gasteiger partial charge on any atom is 0.421 e. The van der Waals surface area contributed by atoms with E-state index in [1.165, 1.54) is 6.07 Å². The van der Waals surface area contributed by atoms with Crippen LogP contribution in [0.2, 0.25) is 0 Å². The number of carbonyl (C=O) groups is 1. The summed E-state index contributed by atoms with van der Waals surface area (Å²) in [5.41, 5.74) is -5.29. The summed E-state index contributed by atoms with van der Waals surface area (Å²) in [4.78, 5) is 13.6. The van der Waals surface area contributed by atoms with Crippen LogP contribution in [0.3, 0.4) is 0 Å². The number of halogens is 7. The van der Waals surface area contributed by atoms with E-state index in [9.17, 15) is 44.1 Å². The quantitative estimate of drug-likeness (QED) is 0.357. The van der Waals surface area contributed by atoms with Gasteiger partial charge in [0, 0.05) is 28.9 Å². The molecule has 0 fully saturated rings. The summed E-state index contributed by atoms with van der Waals surface area (Å²) >= 11 is 1.71. The first kappa shape index (κ1) is 23.7. The predicted octanol–water partition coefficient (Wildman–Crippen LogP) is 2.50. The van der Waals surface area contributed by atoms with Gasteiger partial charge in [-0.3, -0.25) is 4.79 Å². The van der Waals surface area contributed by atoms with Crippen LogP contribution in [0.1, 0.15) is 10.4 Å². The maximum atomic E-state index is 13.2. The van der Waals surface area contributed by atoms with Gasteiger partial charge in [0.1, 0.15) is 0 Å². The van der Waals surface area contributed by atoms with Gasteiger partial charge < -0.3 is 14.8 Å². The summed E-state index contributed by atoms with van der Waals surface area (Å²) in [5.74, 6) is -4.76. The van der Waals surface area contributed by atoms with Crippen molar-refractivity contribution >= 4 is 44.3 Å². The Morgan fingerprint density at radius 2 is 1.63 bits per heavy atom. The molecule has 14 heteroatoms. The second kappa shape index (κ2) is 7.62. The second-order valence-electron chi connectivity index (χ2n) is 5.62. The third-order valence-corrected chi connectivity index (χ3v) is 5.03. The first-order chi connectivity index (χ1) is 11.9. The molecule has 0 atom stereocenters. The van der Waals surface area contributed by atoms with Crippen LogP contribution in [0.5, 0.6) is 0 Å². The highest BCUT2D eigenvalue weighted by Gasteiger charge is 2.72. The summed E-state index contributed by atoms with van der Waals surface area (Å²) in [6, 6.07) is 3.27. The van der Waals surface area contributed by atoms with E-state index in [1.54, 1.807) is 41.6 Å².